The van der Waals surface area contributed by atoms with Crippen LogP contribution in [0.4, 0.5) is 18.9 Å². The topological polar surface area (TPSA) is 111 Å². The molecule has 0 radical (unpaired) electrons. The second-order valence-electron chi connectivity index (χ2n) is 10.5. The Bertz CT molecular complexity index is 1470. The highest BCUT2D eigenvalue weighted by molar-refractivity contribution is 6.01. The number of nitrogens with zero attached hydrogens (tertiary/aromatic N) is 1. The van der Waals surface area contributed by atoms with E-state index in [1.54, 1.807) is 11.5 Å². The van der Waals surface area contributed by atoms with Crippen molar-refractivity contribution in [1.29, 1.82) is 0 Å². The highest BCUT2D eigenvalue weighted by atomic mass is 19.3. The van der Waals surface area contributed by atoms with Gasteiger partial charge in [0.1, 0.15) is 23.6 Å². The first-order valence-corrected chi connectivity index (χ1v) is 12.0. The number of fused-ring (bicyclic) bond motifs is 3. The predicted molar refractivity (Wildman–Crippen MR) is 127 cm³/mol. The van der Waals surface area contributed by atoms with Gasteiger partial charge in [-0.1, -0.05) is 0 Å². The number of aliphatic hydroxyl groups excluding tert-OH is 2. The number of carbonyl (C=O) groups excluding carboxylic acids is 1. The number of carbonyl (C=O) groups is 1. The van der Waals surface area contributed by atoms with Crippen molar-refractivity contribution in [2.75, 3.05) is 31.7 Å². The molecule has 3 aliphatic heterocycles. The van der Waals surface area contributed by atoms with Crippen molar-refractivity contribution >= 4 is 22.5 Å². The Labute approximate surface area is 214 Å². The number of alkyl halides is 2. The molecule has 0 saturated carbocycles. The quantitative estimate of drug-likeness (QED) is 0.446. The lowest BCUT2D eigenvalue weighted by molar-refractivity contribution is -0.286. The van der Waals surface area contributed by atoms with E-state index in [-0.39, 0.29) is 41.5 Å². The molecule has 38 heavy (non-hydrogen) atoms. The van der Waals surface area contributed by atoms with Gasteiger partial charge in [0, 0.05) is 28.8 Å². The van der Waals surface area contributed by atoms with Crippen molar-refractivity contribution < 1.29 is 47.1 Å². The number of aromatic nitrogens is 1. The van der Waals surface area contributed by atoms with E-state index < -0.39 is 36.1 Å². The van der Waals surface area contributed by atoms with Crippen molar-refractivity contribution in [1.82, 2.24) is 4.57 Å². The molecule has 0 spiro atoms. The summed E-state index contributed by atoms with van der Waals surface area (Å²) in [4.78, 5) is 13.4. The Morgan fingerprint density at radius 3 is 2.45 bits per heavy atom. The van der Waals surface area contributed by atoms with Gasteiger partial charge in [0.25, 0.3) is 0 Å². The van der Waals surface area contributed by atoms with Crippen LogP contribution in [-0.2, 0) is 26.9 Å². The number of benzene rings is 2. The van der Waals surface area contributed by atoms with E-state index >= 15 is 4.39 Å². The minimum absolute atomic E-state index is 0.0530. The maximum Gasteiger partial charge on any atom is 0.586 e. The van der Waals surface area contributed by atoms with Gasteiger partial charge < -0.3 is 39.0 Å². The van der Waals surface area contributed by atoms with Crippen LogP contribution in [0.2, 0.25) is 0 Å². The van der Waals surface area contributed by atoms with E-state index in [1.807, 2.05) is 13.0 Å². The molecule has 202 valence electrons. The second kappa shape index (κ2) is 8.26. The van der Waals surface area contributed by atoms with Gasteiger partial charge in [-0.3, -0.25) is 4.79 Å². The second-order valence-corrected chi connectivity index (χ2v) is 10.5. The van der Waals surface area contributed by atoms with E-state index in [2.05, 4.69) is 14.8 Å². The van der Waals surface area contributed by atoms with Gasteiger partial charge in [-0.15, -0.1) is 8.78 Å². The highest BCUT2D eigenvalue weighted by Crippen LogP contribution is 2.50. The smallest absolute Gasteiger partial charge is 0.492 e. The summed E-state index contributed by atoms with van der Waals surface area (Å²) in [5, 5.41) is 22.7. The molecule has 9 nitrogen and oxygen atoms in total. The van der Waals surface area contributed by atoms with E-state index in [1.165, 1.54) is 24.3 Å². The molecule has 2 aromatic carbocycles. The van der Waals surface area contributed by atoms with Gasteiger partial charge in [0.15, 0.2) is 11.5 Å². The average Bonchev–Trinajstić information content (AvgIpc) is 3.46. The molecule has 1 fully saturated rings. The number of hydrogen-bond acceptors (Lipinski definition) is 7. The molecule has 12 heteroatoms. The summed E-state index contributed by atoms with van der Waals surface area (Å²) in [6.07, 6.45) is -4.87. The summed E-state index contributed by atoms with van der Waals surface area (Å²) in [5.74, 6) is -1.54. The number of halogens is 3. The Morgan fingerprint density at radius 1 is 1.08 bits per heavy atom. The molecule has 2 atom stereocenters. The van der Waals surface area contributed by atoms with Crippen LogP contribution in [0, 0.1) is 5.82 Å². The summed E-state index contributed by atoms with van der Waals surface area (Å²) >= 11 is 0. The molecule has 0 bridgehead atoms. The average molecular weight is 534 g/mol. The Balaban J connectivity index is 1.33. The maximum absolute atomic E-state index is 15.3. The number of amides is 1. The molecule has 1 amide bonds. The van der Waals surface area contributed by atoms with E-state index in [0.29, 0.717) is 29.7 Å². The maximum atomic E-state index is 15.3. The first kappa shape index (κ1) is 24.8. The molecule has 4 heterocycles. The molecule has 3 N–H and O–H groups in total. The third kappa shape index (κ3) is 3.77. The van der Waals surface area contributed by atoms with Gasteiger partial charge in [-0.05, 0) is 32.0 Å². The van der Waals surface area contributed by atoms with Crippen molar-refractivity contribution in [2.24, 2.45) is 0 Å². The van der Waals surface area contributed by atoms with Crippen LogP contribution >= 0.6 is 0 Å². The summed E-state index contributed by atoms with van der Waals surface area (Å²) in [6.45, 7) is 3.95. The van der Waals surface area contributed by atoms with Gasteiger partial charge in [-0.2, -0.15) is 0 Å². The monoisotopic (exact) mass is 534 g/mol. The summed E-state index contributed by atoms with van der Waals surface area (Å²) in [5.41, 5.74) is -0.147. The van der Waals surface area contributed by atoms with Crippen LogP contribution in [0.3, 0.4) is 0 Å². The first-order chi connectivity index (χ1) is 17.9. The largest absolute Gasteiger partial charge is 0.586 e. The summed E-state index contributed by atoms with van der Waals surface area (Å²) in [7, 11) is 0. The molecule has 1 aromatic heterocycles. The Hall–Kier alpha value is -3.48. The zero-order valence-corrected chi connectivity index (χ0v) is 20.5. The minimum atomic E-state index is -3.82. The standard InChI is InChI=1S/C26H25F3N2O7/c1-24(10-35-11-24)22-4-13-3-17(16(27)6-18(13)31(22)8-14(33)9-32)30-23(34)25(2)12-36-19-7-21-20(5-15(19)25)37-26(28,29)38-21/h3-7,14,32-33H,8-12H2,1-2H3,(H,30,34)/t14-,25?/m1/s1. The zero-order chi connectivity index (χ0) is 27.0. The minimum Gasteiger partial charge on any atom is -0.492 e. The van der Waals surface area contributed by atoms with Crippen LogP contribution < -0.4 is 19.5 Å². The number of aliphatic hydroxyl groups is 2. The van der Waals surface area contributed by atoms with E-state index in [4.69, 9.17) is 9.47 Å². The number of rotatable bonds is 6. The number of nitrogens with one attached hydrogen (secondary N) is 1. The Morgan fingerprint density at radius 2 is 1.79 bits per heavy atom. The lowest BCUT2D eigenvalue weighted by atomic mass is 9.83. The van der Waals surface area contributed by atoms with Crippen LogP contribution in [-0.4, -0.2) is 59.5 Å². The van der Waals surface area contributed by atoms with Crippen molar-refractivity contribution in [3.8, 4) is 17.2 Å². The van der Waals surface area contributed by atoms with Crippen LogP contribution in [0.1, 0.15) is 25.1 Å². The van der Waals surface area contributed by atoms with Gasteiger partial charge in [0.2, 0.25) is 5.91 Å². The van der Waals surface area contributed by atoms with Crippen LogP contribution in [0.15, 0.2) is 30.3 Å². The SMILES string of the molecule is CC1(c2cc3cc(NC(=O)C4(C)COc5cc6c(cc54)OC(F)(F)O6)c(F)cc3n2C[C@@H](O)CO)COC1. The molecule has 1 unspecified atom stereocenters. The first-order valence-electron chi connectivity index (χ1n) is 12.0. The lowest BCUT2D eigenvalue weighted by Gasteiger charge is -2.39. The van der Waals surface area contributed by atoms with Crippen molar-refractivity contribution in [3.05, 3.63) is 47.4 Å². The molecule has 0 aliphatic carbocycles. The summed E-state index contributed by atoms with van der Waals surface area (Å²) in [6, 6.07) is 7.14. The zero-order valence-electron chi connectivity index (χ0n) is 20.5. The highest BCUT2D eigenvalue weighted by Gasteiger charge is 2.49. The van der Waals surface area contributed by atoms with Gasteiger partial charge >= 0.3 is 6.29 Å². The molecule has 1 saturated heterocycles. The van der Waals surface area contributed by atoms with Crippen LogP contribution in [0.5, 0.6) is 17.2 Å². The van der Waals surface area contributed by atoms with Gasteiger partial charge in [-0.25, -0.2) is 4.39 Å². The fourth-order valence-electron chi connectivity index (χ4n) is 5.18. The molecular formula is C26H25F3N2O7. The fourth-order valence-corrected chi connectivity index (χ4v) is 5.18. The molecule has 3 aromatic rings. The predicted octanol–water partition coefficient (Wildman–Crippen LogP) is 3.03. The lowest BCUT2D eigenvalue weighted by Crippen LogP contribution is -2.45. The van der Waals surface area contributed by atoms with Crippen molar-refractivity contribution in [3.63, 3.8) is 0 Å². The normalized spacial score (nSPS) is 23.0. The van der Waals surface area contributed by atoms with E-state index in [0.717, 1.165) is 5.69 Å². The molecule has 6 rings (SSSR count). The summed E-state index contributed by atoms with van der Waals surface area (Å²) < 4.78 is 64.1. The fraction of sp³-hybridized carbons (Fsp3) is 0.423. The van der Waals surface area contributed by atoms with Gasteiger partial charge in [0.05, 0.1) is 49.1 Å². The van der Waals surface area contributed by atoms with Crippen molar-refractivity contribution in [2.45, 2.75) is 43.6 Å². The third-order valence-electron chi connectivity index (χ3n) is 7.42. The van der Waals surface area contributed by atoms with Crippen LogP contribution in [0.25, 0.3) is 10.9 Å². The third-order valence-corrected chi connectivity index (χ3v) is 7.42. The Kier molecular flexibility index (Phi) is 5.40. The number of ether oxygens (including phenoxy) is 4. The number of hydrogen-bond donors (Lipinski definition) is 3. The van der Waals surface area contributed by atoms with E-state index in [9.17, 15) is 23.8 Å². The molecular weight excluding hydrogens is 509 g/mol. The number of anilines is 1. The molecule has 3 aliphatic rings.